The Hall–Kier alpha value is -3.12. The molecule has 3 aliphatic rings. The number of ketones is 1. The molecule has 0 amide bonds. The maximum Gasteiger partial charge on any atom is 0.303 e. The SMILES string of the molecule is CC(=O)O[C@@H]1C=C[C@H](O)[C@H]2C(=O)C=CC3(Oc4cccc5cccc(c45)O3)[C@@H]21. The number of fused-ring (bicyclic) bond motifs is 2. The van der Waals surface area contributed by atoms with Crippen molar-refractivity contribution in [1.29, 1.82) is 0 Å². The molecular weight excluding hydrogens is 360 g/mol. The quantitative estimate of drug-likeness (QED) is 0.607. The third-order valence-electron chi connectivity index (χ3n) is 5.55. The van der Waals surface area contributed by atoms with Gasteiger partial charge in [-0.1, -0.05) is 30.3 Å². The first-order valence-corrected chi connectivity index (χ1v) is 9.15. The lowest BCUT2D eigenvalue weighted by atomic mass is 9.69. The molecule has 0 unspecified atom stereocenters. The van der Waals surface area contributed by atoms with Crippen LogP contribution in [0.5, 0.6) is 11.5 Å². The molecule has 2 aromatic rings. The molecule has 1 aliphatic heterocycles. The fourth-order valence-electron chi connectivity index (χ4n) is 4.44. The normalized spacial score (nSPS) is 29.1. The first-order valence-electron chi connectivity index (χ1n) is 9.15. The topological polar surface area (TPSA) is 82.1 Å². The van der Waals surface area contributed by atoms with E-state index in [1.165, 1.54) is 19.1 Å². The largest absolute Gasteiger partial charge is 0.458 e. The fourth-order valence-corrected chi connectivity index (χ4v) is 4.44. The third-order valence-corrected chi connectivity index (χ3v) is 5.55. The average Bonchev–Trinajstić information content (AvgIpc) is 2.66. The van der Waals surface area contributed by atoms with Gasteiger partial charge in [0.25, 0.3) is 5.79 Å². The van der Waals surface area contributed by atoms with Crippen LogP contribution in [-0.4, -0.2) is 34.9 Å². The lowest BCUT2D eigenvalue weighted by Gasteiger charge is -2.49. The van der Waals surface area contributed by atoms with Gasteiger partial charge in [0, 0.05) is 13.0 Å². The summed E-state index contributed by atoms with van der Waals surface area (Å²) in [6.45, 7) is 1.31. The maximum absolute atomic E-state index is 12.6. The molecule has 1 N–H and O–H groups in total. The summed E-state index contributed by atoms with van der Waals surface area (Å²) in [5.41, 5.74) is 0. The van der Waals surface area contributed by atoms with Crippen LogP contribution in [0.25, 0.3) is 10.8 Å². The van der Waals surface area contributed by atoms with Crippen molar-refractivity contribution < 1.29 is 28.9 Å². The molecule has 1 spiro atoms. The van der Waals surface area contributed by atoms with Crippen molar-refractivity contribution >= 4 is 22.5 Å². The van der Waals surface area contributed by atoms with Crippen molar-refractivity contribution in [3.05, 3.63) is 60.7 Å². The molecule has 6 heteroatoms. The molecular formula is C22H18O6. The predicted molar refractivity (Wildman–Crippen MR) is 99.8 cm³/mol. The van der Waals surface area contributed by atoms with Gasteiger partial charge in [0.05, 0.1) is 23.3 Å². The molecule has 0 radical (unpaired) electrons. The second kappa shape index (κ2) is 5.94. The average molecular weight is 378 g/mol. The second-order valence-corrected chi connectivity index (χ2v) is 7.27. The standard InChI is InChI=1S/C22H18O6/c1-12(23)26-18-9-8-14(24)20-15(25)10-11-22(21(18)20)27-16-6-2-4-13-5-3-7-17(28-22)19(13)16/h2-11,14,18,20-21,24H,1H3/t14-,18+,20-,21+/m0/s1. The number of benzene rings is 2. The smallest absolute Gasteiger partial charge is 0.303 e. The van der Waals surface area contributed by atoms with Crippen LogP contribution < -0.4 is 9.47 Å². The van der Waals surface area contributed by atoms with Crippen LogP contribution in [0.4, 0.5) is 0 Å². The molecule has 5 rings (SSSR count). The minimum Gasteiger partial charge on any atom is -0.458 e. The molecule has 0 fully saturated rings. The number of ether oxygens (including phenoxy) is 3. The molecule has 0 saturated heterocycles. The summed E-state index contributed by atoms with van der Waals surface area (Å²) in [5.74, 6) is -2.48. The van der Waals surface area contributed by atoms with Gasteiger partial charge in [-0.2, -0.15) is 0 Å². The van der Waals surface area contributed by atoms with Crippen LogP contribution in [0.3, 0.4) is 0 Å². The van der Waals surface area contributed by atoms with Gasteiger partial charge in [-0.15, -0.1) is 0 Å². The fraction of sp³-hybridized carbons (Fsp3) is 0.273. The number of aliphatic hydroxyl groups excluding tert-OH is 1. The van der Waals surface area contributed by atoms with Crippen molar-refractivity contribution in [2.45, 2.75) is 24.9 Å². The van der Waals surface area contributed by atoms with Crippen LogP contribution in [0.2, 0.25) is 0 Å². The third kappa shape index (κ3) is 2.38. The van der Waals surface area contributed by atoms with E-state index in [2.05, 4.69) is 0 Å². The number of aliphatic hydroxyl groups is 1. The summed E-state index contributed by atoms with van der Waals surface area (Å²) in [6, 6.07) is 11.4. The zero-order chi connectivity index (χ0) is 19.5. The Morgan fingerprint density at radius 1 is 1.11 bits per heavy atom. The van der Waals surface area contributed by atoms with E-state index >= 15 is 0 Å². The van der Waals surface area contributed by atoms with E-state index in [1.807, 2.05) is 36.4 Å². The van der Waals surface area contributed by atoms with Crippen LogP contribution in [0.1, 0.15) is 6.92 Å². The Kier molecular flexibility index (Phi) is 3.61. The first-order chi connectivity index (χ1) is 13.5. The van der Waals surface area contributed by atoms with Gasteiger partial charge in [-0.25, -0.2) is 0 Å². The van der Waals surface area contributed by atoms with Crippen LogP contribution in [0.15, 0.2) is 60.7 Å². The summed E-state index contributed by atoms with van der Waals surface area (Å²) in [7, 11) is 0. The van der Waals surface area contributed by atoms with Gasteiger partial charge in [0.15, 0.2) is 5.78 Å². The number of allylic oxidation sites excluding steroid dienone is 1. The summed E-state index contributed by atoms with van der Waals surface area (Å²) < 4.78 is 18.1. The Labute approximate surface area is 161 Å². The summed E-state index contributed by atoms with van der Waals surface area (Å²) >= 11 is 0. The highest BCUT2D eigenvalue weighted by Crippen LogP contribution is 2.50. The lowest BCUT2D eigenvalue weighted by molar-refractivity contribution is -0.191. The second-order valence-electron chi connectivity index (χ2n) is 7.27. The number of carbonyl (C=O) groups excluding carboxylic acids is 2. The molecule has 4 atom stereocenters. The Bertz CT molecular complexity index is 1010. The number of hydrogen-bond donors (Lipinski definition) is 1. The number of hydrogen-bond acceptors (Lipinski definition) is 6. The monoisotopic (exact) mass is 378 g/mol. The first kappa shape index (κ1) is 17.0. The zero-order valence-corrected chi connectivity index (χ0v) is 15.1. The number of carbonyl (C=O) groups is 2. The van der Waals surface area contributed by atoms with Crippen molar-refractivity contribution in [3.63, 3.8) is 0 Å². The Balaban J connectivity index is 1.68. The van der Waals surface area contributed by atoms with E-state index in [4.69, 9.17) is 14.2 Å². The Morgan fingerprint density at radius 2 is 1.79 bits per heavy atom. The molecule has 2 aliphatic carbocycles. The number of esters is 1. The number of rotatable bonds is 1. The van der Waals surface area contributed by atoms with Gasteiger partial charge in [0.1, 0.15) is 17.6 Å². The van der Waals surface area contributed by atoms with E-state index in [9.17, 15) is 14.7 Å². The van der Waals surface area contributed by atoms with Crippen molar-refractivity contribution in [1.82, 2.24) is 0 Å². The molecule has 0 bridgehead atoms. The molecule has 2 aromatic carbocycles. The van der Waals surface area contributed by atoms with E-state index in [0.717, 1.165) is 10.8 Å². The molecule has 142 valence electrons. The van der Waals surface area contributed by atoms with Crippen LogP contribution >= 0.6 is 0 Å². The molecule has 1 heterocycles. The minimum absolute atomic E-state index is 0.256. The summed E-state index contributed by atoms with van der Waals surface area (Å²) in [5, 5.41) is 12.3. The van der Waals surface area contributed by atoms with E-state index in [0.29, 0.717) is 11.5 Å². The van der Waals surface area contributed by atoms with E-state index < -0.39 is 35.8 Å². The molecule has 6 nitrogen and oxygen atoms in total. The predicted octanol–water partition coefficient (Wildman–Crippen LogP) is 2.54. The van der Waals surface area contributed by atoms with Crippen LogP contribution in [0, 0.1) is 11.8 Å². The van der Waals surface area contributed by atoms with Gasteiger partial charge >= 0.3 is 5.97 Å². The van der Waals surface area contributed by atoms with Gasteiger partial charge in [-0.3, -0.25) is 9.59 Å². The zero-order valence-electron chi connectivity index (χ0n) is 15.1. The van der Waals surface area contributed by atoms with Crippen molar-refractivity contribution in [3.8, 4) is 11.5 Å². The van der Waals surface area contributed by atoms with Crippen molar-refractivity contribution in [2.24, 2.45) is 11.8 Å². The molecule has 28 heavy (non-hydrogen) atoms. The van der Waals surface area contributed by atoms with Gasteiger partial charge in [0.2, 0.25) is 0 Å². The summed E-state index contributed by atoms with van der Waals surface area (Å²) in [4.78, 5) is 24.3. The van der Waals surface area contributed by atoms with Gasteiger partial charge in [-0.05, 0) is 29.7 Å². The molecule has 0 saturated carbocycles. The maximum atomic E-state index is 12.6. The highest BCUT2D eigenvalue weighted by Gasteiger charge is 2.59. The van der Waals surface area contributed by atoms with Gasteiger partial charge < -0.3 is 19.3 Å². The van der Waals surface area contributed by atoms with E-state index in [-0.39, 0.29) is 5.78 Å². The van der Waals surface area contributed by atoms with E-state index in [1.54, 1.807) is 12.2 Å². The molecule has 0 aromatic heterocycles. The lowest BCUT2D eigenvalue weighted by Crippen LogP contribution is -2.62. The highest BCUT2D eigenvalue weighted by atomic mass is 16.7. The minimum atomic E-state index is -1.38. The van der Waals surface area contributed by atoms with Crippen LogP contribution in [-0.2, 0) is 14.3 Å². The summed E-state index contributed by atoms with van der Waals surface area (Å²) in [6.07, 6.45) is 4.22. The Morgan fingerprint density at radius 3 is 2.43 bits per heavy atom. The highest BCUT2D eigenvalue weighted by molar-refractivity contribution is 5.96. The van der Waals surface area contributed by atoms with Crippen molar-refractivity contribution in [2.75, 3.05) is 0 Å².